The minimum atomic E-state index is -0.470. The molecule has 0 aromatic heterocycles. The van der Waals surface area contributed by atoms with Crippen LogP contribution in [0.5, 0.6) is 0 Å². The van der Waals surface area contributed by atoms with E-state index < -0.39 is 6.10 Å². The molecule has 1 N–H and O–H groups in total. The van der Waals surface area contributed by atoms with Crippen molar-refractivity contribution in [3.63, 3.8) is 0 Å². The van der Waals surface area contributed by atoms with Crippen molar-refractivity contribution in [1.82, 2.24) is 0 Å². The summed E-state index contributed by atoms with van der Waals surface area (Å²) in [6, 6.07) is 0. The lowest BCUT2D eigenvalue weighted by atomic mass is 10.1. The van der Waals surface area contributed by atoms with Gasteiger partial charge in [-0.1, -0.05) is 44.8 Å². The van der Waals surface area contributed by atoms with Crippen molar-refractivity contribution in [2.24, 2.45) is 0 Å². The summed E-state index contributed by atoms with van der Waals surface area (Å²) in [7, 11) is 0. The first-order valence-corrected chi connectivity index (χ1v) is 6.49. The molecule has 0 fully saturated rings. The molecule has 1 radical (unpaired) electrons. The minimum Gasteiger partial charge on any atom is -0.393 e. The van der Waals surface area contributed by atoms with Crippen molar-refractivity contribution < 1.29 is 9.90 Å². The van der Waals surface area contributed by atoms with Crippen LogP contribution in [-0.2, 0) is 4.79 Å². The average molecular weight is 225 g/mol. The van der Waals surface area contributed by atoms with Gasteiger partial charge in [0.15, 0.2) is 0 Å². The molecule has 0 aromatic rings. The molecule has 0 saturated carbocycles. The predicted octanol–water partition coefficient (Wildman–Crippen LogP) is 3.54. The molecule has 2 heteroatoms. The number of hydrogen-bond donors (Lipinski definition) is 1. The van der Waals surface area contributed by atoms with Gasteiger partial charge in [0.1, 0.15) is 0 Å². The lowest BCUT2D eigenvalue weighted by Gasteiger charge is -2.05. The second-order valence-corrected chi connectivity index (χ2v) is 4.25. The molecular formula is C14H25O2. The highest BCUT2D eigenvalue weighted by Crippen LogP contribution is 2.09. The Morgan fingerprint density at radius 1 is 1.12 bits per heavy atom. The van der Waals surface area contributed by atoms with Crippen LogP contribution in [-0.4, -0.2) is 17.5 Å². The maximum Gasteiger partial charge on any atom is 0.201 e. The summed E-state index contributed by atoms with van der Waals surface area (Å²) in [6.07, 6.45) is 14.9. The molecular weight excluding hydrogens is 200 g/mol. The third-order valence-electron chi connectivity index (χ3n) is 2.60. The van der Waals surface area contributed by atoms with Crippen LogP contribution in [0.15, 0.2) is 12.2 Å². The third kappa shape index (κ3) is 11.4. The van der Waals surface area contributed by atoms with Gasteiger partial charge in [-0.05, 0) is 25.7 Å². The summed E-state index contributed by atoms with van der Waals surface area (Å²) >= 11 is 0. The molecule has 0 aromatic carbocycles. The van der Waals surface area contributed by atoms with Gasteiger partial charge in [0, 0.05) is 6.42 Å². The number of carbonyl (C=O) groups excluding carboxylic acids is 1. The molecule has 0 aliphatic carbocycles. The third-order valence-corrected chi connectivity index (χ3v) is 2.60. The van der Waals surface area contributed by atoms with E-state index in [0.717, 1.165) is 19.3 Å². The van der Waals surface area contributed by atoms with Crippen LogP contribution >= 0.6 is 0 Å². The average Bonchev–Trinajstić information content (AvgIpc) is 2.27. The molecule has 0 heterocycles. The van der Waals surface area contributed by atoms with Crippen LogP contribution in [0.1, 0.15) is 64.7 Å². The van der Waals surface area contributed by atoms with E-state index >= 15 is 0 Å². The number of unbranched alkanes of at least 4 members (excludes halogenated alkanes) is 5. The Hall–Kier alpha value is -0.630. The second kappa shape index (κ2) is 12.4. The van der Waals surface area contributed by atoms with Gasteiger partial charge in [-0.25, -0.2) is 0 Å². The molecule has 16 heavy (non-hydrogen) atoms. The lowest BCUT2D eigenvalue weighted by molar-refractivity contribution is 0.167. The molecule has 0 amide bonds. The normalized spacial score (nSPS) is 13.1. The minimum absolute atomic E-state index is 0.166. The second-order valence-electron chi connectivity index (χ2n) is 4.25. The maximum atomic E-state index is 9.98. The molecule has 0 bridgehead atoms. The van der Waals surface area contributed by atoms with Crippen LogP contribution in [0.3, 0.4) is 0 Å². The molecule has 0 spiro atoms. The van der Waals surface area contributed by atoms with Gasteiger partial charge in [0.05, 0.1) is 6.10 Å². The van der Waals surface area contributed by atoms with E-state index in [9.17, 15) is 9.90 Å². The van der Waals surface area contributed by atoms with Crippen LogP contribution < -0.4 is 0 Å². The number of hydrogen-bond acceptors (Lipinski definition) is 2. The molecule has 0 aliphatic heterocycles. The van der Waals surface area contributed by atoms with E-state index in [2.05, 4.69) is 19.1 Å². The van der Waals surface area contributed by atoms with Crippen LogP contribution in [0, 0.1) is 0 Å². The molecule has 1 atom stereocenters. The van der Waals surface area contributed by atoms with E-state index in [4.69, 9.17) is 0 Å². The quantitative estimate of drug-likeness (QED) is 0.431. The van der Waals surface area contributed by atoms with Gasteiger partial charge in [-0.2, -0.15) is 0 Å². The van der Waals surface area contributed by atoms with E-state index in [1.807, 2.05) is 0 Å². The summed E-state index contributed by atoms with van der Waals surface area (Å²) in [5.74, 6) is 0. The van der Waals surface area contributed by atoms with Crippen molar-refractivity contribution in [3.8, 4) is 0 Å². The summed E-state index contributed by atoms with van der Waals surface area (Å²) in [5.41, 5.74) is 0. The zero-order valence-corrected chi connectivity index (χ0v) is 10.5. The smallest absolute Gasteiger partial charge is 0.201 e. The summed E-state index contributed by atoms with van der Waals surface area (Å²) in [4.78, 5) is 9.98. The Labute approximate surface area is 99.7 Å². The van der Waals surface area contributed by atoms with E-state index in [-0.39, 0.29) is 6.42 Å². The molecule has 93 valence electrons. The van der Waals surface area contributed by atoms with Gasteiger partial charge < -0.3 is 5.11 Å². The first-order valence-electron chi connectivity index (χ1n) is 6.49. The van der Waals surface area contributed by atoms with E-state index in [1.165, 1.54) is 32.1 Å². The Morgan fingerprint density at radius 2 is 1.81 bits per heavy atom. The van der Waals surface area contributed by atoms with E-state index in [0.29, 0.717) is 0 Å². The molecule has 0 saturated heterocycles. The summed E-state index contributed by atoms with van der Waals surface area (Å²) in [6.45, 7) is 2.19. The molecule has 0 aliphatic rings. The molecule has 2 nitrogen and oxygen atoms in total. The number of allylic oxidation sites excluding steroid dienone is 2. The van der Waals surface area contributed by atoms with E-state index in [1.54, 1.807) is 6.29 Å². The number of aliphatic hydroxyl groups is 1. The van der Waals surface area contributed by atoms with Gasteiger partial charge in [-0.3, -0.25) is 4.79 Å². The standard InChI is InChI=1S/C14H25O2/c1-2-3-4-5-6-7-8-9-10-11-14(16)12-13-15/h4-5,14,16H,2-3,6-12H2,1H3. The fourth-order valence-electron chi connectivity index (χ4n) is 1.60. The van der Waals surface area contributed by atoms with Crippen molar-refractivity contribution in [3.05, 3.63) is 12.2 Å². The van der Waals surface area contributed by atoms with Crippen LogP contribution in [0.25, 0.3) is 0 Å². The van der Waals surface area contributed by atoms with Gasteiger partial charge in [0.25, 0.3) is 0 Å². The Bertz CT molecular complexity index is 176. The van der Waals surface area contributed by atoms with Crippen molar-refractivity contribution in [1.29, 1.82) is 0 Å². The van der Waals surface area contributed by atoms with Gasteiger partial charge in [-0.15, -0.1) is 0 Å². The SMILES string of the molecule is CCCC=CCCCCCCC(O)C[C]=O. The monoisotopic (exact) mass is 225 g/mol. The first kappa shape index (κ1) is 15.4. The highest BCUT2D eigenvalue weighted by Gasteiger charge is 2.02. The fourth-order valence-corrected chi connectivity index (χ4v) is 1.60. The highest BCUT2D eigenvalue weighted by atomic mass is 16.3. The van der Waals surface area contributed by atoms with Crippen molar-refractivity contribution in [2.75, 3.05) is 0 Å². The van der Waals surface area contributed by atoms with Crippen molar-refractivity contribution in [2.45, 2.75) is 70.8 Å². The highest BCUT2D eigenvalue weighted by molar-refractivity contribution is 5.51. The molecule has 0 rings (SSSR count). The first-order chi connectivity index (χ1) is 7.81. The number of aliphatic hydroxyl groups excluding tert-OH is 1. The fraction of sp³-hybridized carbons (Fsp3) is 0.786. The topological polar surface area (TPSA) is 37.3 Å². The summed E-state index contributed by atoms with van der Waals surface area (Å²) < 4.78 is 0. The number of rotatable bonds is 11. The molecule has 1 unspecified atom stereocenters. The zero-order valence-electron chi connectivity index (χ0n) is 10.5. The Balaban J connectivity index is 3.12. The summed E-state index contributed by atoms with van der Waals surface area (Å²) in [5, 5.41) is 9.28. The Morgan fingerprint density at radius 3 is 2.50 bits per heavy atom. The zero-order chi connectivity index (χ0) is 12.1. The predicted molar refractivity (Wildman–Crippen MR) is 68.1 cm³/mol. The van der Waals surface area contributed by atoms with Gasteiger partial charge >= 0.3 is 0 Å². The van der Waals surface area contributed by atoms with Gasteiger partial charge in [0.2, 0.25) is 6.29 Å². The Kier molecular flexibility index (Phi) is 11.9. The largest absolute Gasteiger partial charge is 0.393 e. The van der Waals surface area contributed by atoms with Crippen LogP contribution in [0.4, 0.5) is 0 Å². The van der Waals surface area contributed by atoms with Crippen LogP contribution in [0.2, 0.25) is 0 Å². The maximum absolute atomic E-state index is 9.98. The lowest BCUT2D eigenvalue weighted by Crippen LogP contribution is -2.06. The van der Waals surface area contributed by atoms with Crippen molar-refractivity contribution >= 4 is 6.29 Å².